The van der Waals surface area contributed by atoms with Crippen LogP contribution in [0.3, 0.4) is 0 Å². The van der Waals surface area contributed by atoms with E-state index in [1.54, 1.807) is 29.0 Å². The van der Waals surface area contributed by atoms with Crippen molar-refractivity contribution in [3.63, 3.8) is 0 Å². The van der Waals surface area contributed by atoms with Gasteiger partial charge < -0.3 is 5.32 Å². The molecule has 2 N–H and O–H groups in total. The predicted octanol–water partition coefficient (Wildman–Crippen LogP) is 3.94. The van der Waals surface area contributed by atoms with Crippen LogP contribution in [0.1, 0.15) is 53.8 Å². The first-order valence-corrected chi connectivity index (χ1v) is 9.54. The van der Waals surface area contributed by atoms with E-state index in [4.69, 9.17) is 0 Å². The molecule has 0 bridgehead atoms. The molecule has 0 aliphatic heterocycles. The minimum Gasteiger partial charge on any atom is -0.362 e. The molecule has 0 aliphatic carbocycles. The Morgan fingerprint density at radius 3 is 2.64 bits per heavy atom. The van der Waals surface area contributed by atoms with Crippen LogP contribution in [0.15, 0.2) is 29.2 Å². The lowest BCUT2D eigenvalue weighted by atomic mass is 10.2. The van der Waals surface area contributed by atoms with E-state index in [0.717, 1.165) is 10.7 Å². The number of nitrogens with one attached hydrogen (secondary N) is 2. The highest BCUT2D eigenvalue weighted by atomic mass is 32.1. The molecule has 25 heavy (non-hydrogen) atoms. The van der Waals surface area contributed by atoms with Gasteiger partial charge in [-0.2, -0.15) is 0 Å². The molecule has 1 atom stereocenters. The van der Waals surface area contributed by atoms with Crippen LogP contribution in [-0.4, -0.2) is 26.1 Å². The second-order valence-corrected chi connectivity index (χ2v) is 7.48. The van der Waals surface area contributed by atoms with Gasteiger partial charge in [0.25, 0.3) is 5.91 Å². The number of rotatable bonds is 6. The van der Waals surface area contributed by atoms with Crippen LogP contribution < -0.4 is 10.6 Å². The summed E-state index contributed by atoms with van der Waals surface area (Å²) in [7, 11) is 0. The Bertz CT molecular complexity index is 829. The molecule has 7 nitrogen and oxygen atoms in total. The van der Waals surface area contributed by atoms with Crippen LogP contribution in [0.2, 0.25) is 0 Å². The summed E-state index contributed by atoms with van der Waals surface area (Å²) in [6, 6.07) is 3.54. The molecule has 3 aromatic heterocycles. The van der Waals surface area contributed by atoms with E-state index < -0.39 is 0 Å². The van der Waals surface area contributed by atoms with Crippen LogP contribution in [0.25, 0.3) is 0 Å². The van der Waals surface area contributed by atoms with E-state index in [2.05, 4.69) is 50.0 Å². The molecule has 3 aromatic rings. The average molecular weight is 374 g/mol. The third-order valence-corrected chi connectivity index (χ3v) is 5.22. The monoisotopic (exact) mass is 374 g/mol. The second-order valence-electron chi connectivity index (χ2n) is 5.76. The first-order chi connectivity index (χ1) is 12.0. The van der Waals surface area contributed by atoms with Gasteiger partial charge in [0.05, 0.1) is 22.3 Å². The Morgan fingerprint density at radius 2 is 2.04 bits per heavy atom. The molecule has 0 aromatic carbocycles. The highest BCUT2D eigenvalue weighted by molar-refractivity contribution is 7.13. The van der Waals surface area contributed by atoms with Crippen LogP contribution in [0.4, 0.5) is 10.9 Å². The summed E-state index contributed by atoms with van der Waals surface area (Å²) in [6.45, 7) is 6.30. The van der Waals surface area contributed by atoms with Crippen molar-refractivity contribution in [1.82, 2.24) is 20.2 Å². The van der Waals surface area contributed by atoms with Crippen molar-refractivity contribution in [1.29, 1.82) is 0 Å². The number of hydrogen-bond acceptors (Lipinski definition) is 8. The van der Waals surface area contributed by atoms with Crippen LogP contribution >= 0.6 is 22.7 Å². The number of nitrogens with zero attached hydrogens (tertiary/aromatic N) is 4. The molecule has 3 rings (SSSR count). The van der Waals surface area contributed by atoms with Gasteiger partial charge in [-0.05, 0) is 19.1 Å². The van der Waals surface area contributed by atoms with Gasteiger partial charge in [0.15, 0.2) is 0 Å². The third-order valence-electron chi connectivity index (χ3n) is 3.45. The normalized spacial score (nSPS) is 12.2. The molecular weight excluding hydrogens is 356 g/mol. The number of carbonyl (C=O) groups excluding carboxylic acids is 1. The van der Waals surface area contributed by atoms with Gasteiger partial charge in [0.1, 0.15) is 11.3 Å². The number of pyridine rings is 1. The summed E-state index contributed by atoms with van der Waals surface area (Å²) in [6.07, 6.45) is 1.53. The standard InChI is InChI=1S/C16H18N6OS2/c1-9(2)15-20-12(7-24-15)10(3)19-13-5-4-11(6-17-13)14(23)21-16-22-18-8-25-16/h4-10H,1-3H3,(H,17,19)(H,21,22,23). The summed E-state index contributed by atoms with van der Waals surface area (Å²) >= 11 is 2.94. The fourth-order valence-corrected chi connectivity index (χ4v) is 3.44. The molecule has 1 amide bonds. The zero-order valence-corrected chi connectivity index (χ0v) is 15.7. The van der Waals surface area contributed by atoms with E-state index in [0.29, 0.717) is 22.4 Å². The van der Waals surface area contributed by atoms with E-state index >= 15 is 0 Å². The summed E-state index contributed by atoms with van der Waals surface area (Å²) in [5.74, 6) is 0.860. The lowest BCUT2D eigenvalue weighted by Gasteiger charge is -2.12. The van der Waals surface area contributed by atoms with Crippen molar-refractivity contribution in [3.8, 4) is 0 Å². The molecule has 130 valence electrons. The SMILES string of the molecule is CC(C)c1nc(C(C)Nc2ccc(C(=O)Nc3nncs3)cn2)cs1. The lowest BCUT2D eigenvalue weighted by molar-refractivity contribution is 0.102. The molecule has 0 spiro atoms. The maximum absolute atomic E-state index is 12.1. The largest absolute Gasteiger partial charge is 0.362 e. The number of aromatic nitrogens is 4. The highest BCUT2D eigenvalue weighted by Crippen LogP contribution is 2.24. The van der Waals surface area contributed by atoms with Gasteiger partial charge in [0, 0.05) is 17.5 Å². The minimum absolute atomic E-state index is 0.0392. The maximum atomic E-state index is 12.1. The number of amides is 1. The van der Waals surface area contributed by atoms with Gasteiger partial charge in [-0.3, -0.25) is 10.1 Å². The quantitative estimate of drug-likeness (QED) is 0.679. The Labute approximate surface area is 153 Å². The minimum atomic E-state index is -0.259. The predicted molar refractivity (Wildman–Crippen MR) is 100 cm³/mol. The van der Waals surface area contributed by atoms with Crippen molar-refractivity contribution >= 4 is 39.5 Å². The van der Waals surface area contributed by atoms with Gasteiger partial charge in [-0.25, -0.2) is 9.97 Å². The first-order valence-electron chi connectivity index (χ1n) is 7.78. The third kappa shape index (κ3) is 4.37. The fourth-order valence-electron chi connectivity index (χ4n) is 2.07. The molecule has 0 radical (unpaired) electrons. The summed E-state index contributed by atoms with van der Waals surface area (Å²) in [5, 5.41) is 17.1. The number of hydrogen-bond donors (Lipinski definition) is 2. The van der Waals surface area contributed by atoms with Gasteiger partial charge >= 0.3 is 0 Å². The molecule has 9 heteroatoms. The van der Waals surface area contributed by atoms with Crippen molar-refractivity contribution in [2.75, 3.05) is 10.6 Å². The van der Waals surface area contributed by atoms with E-state index in [9.17, 15) is 4.79 Å². The number of carbonyl (C=O) groups is 1. The van der Waals surface area contributed by atoms with E-state index in [1.165, 1.54) is 17.5 Å². The van der Waals surface area contributed by atoms with Crippen molar-refractivity contribution < 1.29 is 4.79 Å². The van der Waals surface area contributed by atoms with Gasteiger partial charge in [-0.1, -0.05) is 25.2 Å². The van der Waals surface area contributed by atoms with Crippen LogP contribution in [0.5, 0.6) is 0 Å². The van der Waals surface area contributed by atoms with Gasteiger partial charge in [-0.15, -0.1) is 21.5 Å². The zero-order valence-electron chi connectivity index (χ0n) is 14.1. The van der Waals surface area contributed by atoms with Gasteiger partial charge in [0.2, 0.25) is 5.13 Å². The smallest absolute Gasteiger partial charge is 0.259 e. The molecule has 0 saturated heterocycles. The molecule has 1 unspecified atom stereocenters. The van der Waals surface area contributed by atoms with Crippen molar-refractivity contribution in [2.45, 2.75) is 32.7 Å². The maximum Gasteiger partial charge on any atom is 0.259 e. The van der Waals surface area contributed by atoms with E-state index in [-0.39, 0.29) is 11.9 Å². The van der Waals surface area contributed by atoms with Crippen molar-refractivity contribution in [3.05, 3.63) is 45.5 Å². The highest BCUT2D eigenvalue weighted by Gasteiger charge is 2.13. The molecular formula is C16H18N6OS2. The molecule has 0 saturated carbocycles. The Kier molecular flexibility index (Phi) is 5.34. The number of thiazole rings is 1. The van der Waals surface area contributed by atoms with Crippen LogP contribution in [-0.2, 0) is 0 Å². The molecule has 0 aliphatic rings. The summed E-state index contributed by atoms with van der Waals surface area (Å²) in [5.41, 5.74) is 3.02. The Balaban J connectivity index is 1.62. The summed E-state index contributed by atoms with van der Waals surface area (Å²) in [4.78, 5) is 21.0. The van der Waals surface area contributed by atoms with E-state index in [1.807, 2.05) is 6.92 Å². The Morgan fingerprint density at radius 1 is 1.20 bits per heavy atom. The second kappa shape index (κ2) is 7.66. The number of anilines is 2. The van der Waals surface area contributed by atoms with Crippen LogP contribution in [0, 0.1) is 0 Å². The molecule has 0 fully saturated rings. The Hall–Kier alpha value is -2.39. The first kappa shape index (κ1) is 17.4. The molecule has 3 heterocycles. The average Bonchev–Trinajstić information content (AvgIpc) is 3.27. The van der Waals surface area contributed by atoms with Crippen molar-refractivity contribution in [2.24, 2.45) is 0 Å². The lowest BCUT2D eigenvalue weighted by Crippen LogP contribution is -2.13. The topological polar surface area (TPSA) is 92.7 Å². The summed E-state index contributed by atoms with van der Waals surface area (Å²) < 4.78 is 0. The zero-order chi connectivity index (χ0) is 17.8. The fraction of sp³-hybridized carbons (Fsp3) is 0.312.